The Morgan fingerprint density at radius 2 is 1.18 bits per heavy atom. The van der Waals surface area contributed by atoms with Crippen LogP contribution in [0, 0.1) is 6.92 Å². The highest BCUT2D eigenvalue weighted by molar-refractivity contribution is 4.88. The maximum atomic E-state index is 3.68. The summed E-state index contributed by atoms with van der Waals surface area (Å²) in [5, 5.41) is 0. The van der Waals surface area contributed by atoms with Crippen LogP contribution in [0.2, 0.25) is 0 Å². The molecule has 0 aliphatic carbocycles. The highest BCUT2D eigenvalue weighted by Crippen LogP contribution is 2.09. The van der Waals surface area contributed by atoms with Crippen LogP contribution in [0.3, 0.4) is 0 Å². The third-order valence-electron chi connectivity index (χ3n) is 3.06. The standard InChI is InChI=1S/C17H31/c1-3-5-7-9-11-13-15-17-16-14-12-10-8-6-4-2/h3,5,11,13H,1,4,6-10,12,14-17H2,2H3. The molecule has 1 radical (unpaired) electrons. The topological polar surface area (TPSA) is 0 Å². The molecule has 99 valence electrons. The van der Waals surface area contributed by atoms with E-state index in [-0.39, 0.29) is 0 Å². The Labute approximate surface area is 109 Å². The van der Waals surface area contributed by atoms with Crippen molar-refractivity contribution in [2.45, 2.75) is 77.6 Å². The van der Waals surface area contributed by atoms with E-state index in [4.69, 9.17) is 0 Å². The Hall–Kier alpha value is -0.520. The normalized spacial score (nSPS) is 11.9. The molecule has 0 saturated carbocycles. The van der Waals surface area contributed by atoms with Crippen molar-refractivity contribution in [1.82, 2.24) is 0 Å². The fourth-order valence-electron chi connectivity index (χ4n) is 1.94. The molecule has 0 aromatic heterocycles. The molecule has 0 aliphatic rings. The van der Waals surface area contributed by atoms with Crippen molar-refractivity contribution in [2.24, 2.45) is 0 Å². The molecular formula is C17H31. The molecule has 0 fully saturated rings. The van der Waals surface area contributed by atoms with Gasteiger partial charge in [0.05, 0.1) is 0 Å². The zero-order valence-corrected chi connectivity index (χ0v) is 11.8. The van der Waals surface area contributed by atoms with Crippen LogP contribution in [0.5, 0.6) is 0 Å². The summed E-state index contributed by atoms with van der Waals surface area (Å²) < 4.78 is 0. The van der Waals surface area contributed by atoms with Gasteiger partial charge in [0, 0.05) is 0 Å². The van der Waals surface area contributed by atoms with Gasteiger partial charge in [-0.3, -0.25) is 0 Å². The van der Waals surface area contributed by atoms with E-state index >= 15 is 0 Å². The van der Waals surface area contributed by atoms with Gasteiger partial charge in [-0.2, -0.15) is 0 Å². The van der Waals surface area contributed by atoms with Crippen LogP contribution >= 0.6 is 0 Å². The Morgan fingerprint density at radius 1 is 0.647 bits per heavy atom. The van der Waals surface area contributed by atoms with Gasteiger partial charge in [-0.15, -0.1) is 0 Å². The highest BCUT2D eigenvalue weighted by Gasteiger charge is 1.90. The van der Waals surface area contributed by atoms with Gasteiger partial charge in [0.1, 0.15) is 0 Å². The maximum absolute atomic E-state index is 3.68. The van der Waals surface area contributed by atoms with Crippen LogP contribution in [0.4, 0.5) is 0 Å². The van der Waals surface area contributed by atoms with Crippen molar-refractivity contribution in [3.63, 3.8) is 0 Å². The molecule has 0 saturated heterocycles. The molecule has 0 aromatic carbocycles. The second-order valence-electron chi connectivity index (χ2n) is 4.78. The Morgan fingerprint density at radius 3 is 1.82 bits per heavy atom. The molecule has 0 aromatic rings. The lowest BCUT2D eigenvalue weighted by atomic mass is 10.1. The molecule has 0 nitrogen and oxygen atoms in total. The first-order valence-corrected chi connectivity index (χ1v) is 7.51. The molecule has 0 atom stereocenters. The third-order valence-corrected chi connectivity index (χ3v) is 3.06. The predicted molar refractivity (Wildman–Crippen MR) is 80.1 cm³/mol. The third kappa shape index (κ3) is 15.5. The largest absolute Gasteiger partial charge is 0.0885 e. The van der Waals surface area contributed by atoms with Crippen molar-refractivity contribution in [3.8, 4) is 0 Å². The van der Waals surface area contributed by atoms with Gasteiger partial charge in [-0.05, 0) is 32.6 Å². The molecule has 0 rings (SSSR count). The fourth-order valence-corrected chi connectivity index (χ4v) is 1.94. The molecule has 0 aliphatic heterocycles. The molecular weight excluding hydrogens is 204 g/mol. The van der Waals surface area contributed by atoms with Crippen LogP contribution in [0.15, 0.2) is 24.3 Å². The van der Waals surface area contributed by atoms with E-state index in [1.807, 2.05) is 6.08 Å². The van der Waals surface area contributed by atoms with Gasteiger partial charge in [0.2, 0.25) is 0 Å². The highest BCUT2D eigenvalue weighted by atomic mass is 14.0. The summed E-state index contributed by atoms with van der Waals surface area (Å²) in [4.78, 5) is 0. The fraction of sp³-hybridized carbons (Fsp3) is 0.706. The first kappa shape index (κ1) is 16.5. The summed E-state index contributed by atoms with van der Waals surface area (Å²) in [7, 11) is 0. The average Bonchev–Trinajstić information content (AvgIpc) is 2.35. The van der Waals surface area contributed by atoms with E-state index in [1.165, 1.54) is 64.2 Å². The zero-order valence-electron chi connectivity index (χ0n) is 11.8. The van der Waals surface area contributed by atoms with E-state index in [0.717, 1.165) is 6.42 Å². The van der Waals surface area contributed by atoms with Crippen molar-refractivity contribution in [3.05, 3.63) is 31.2 Å². The smallest absolute Gasteiger partial charge is 0.0316 e. The van der Waals surface area contributed by atoms with Gasteiger partial charge in [0.25, 0.3) is 0 Å². The SMILES string of the molecule is [CH2]C=CCCC=CCCCCCCCCCC. The second-order valence-corrected chi connectivity index (χ2v) is 4.78. The summed E-state index contributed by atoms with van der Waals surface area (Å²) in [6, 6.07) is 0. The van der Waals surface area contributed by atoms with Crippen molar-refractivity contribution in [1.29, 1.82) is 0 Å². The van der Waals surface area contributed by atoms with Gasteiger partial charge in [-0.1, -0.05) is 76.2 Å². The van der Waals surface area contributed by atoms with Crippen LogP contribution in [0.1, 0.15) is 77.6 Å². The van der Waals surface area contributed by atoms with Crippen LogP contribution < -0.4 is 0 Å². The quantitative estimate of drug-likeness (QED) is 0.277. The Kier molecular flexibility index (Phi) is 15.0. The maximum Gasteiger partial charge on any atom is -0.0316 e. The summed E-state index contributed by atoms with van der Waals surface area (Å²) >= 11 is 0. The minimum Gasteiger partial charge on any atom is -0.0885 e. The molecule has 17 heavy (non-hydrogen) atoms. The van der Waals surface area contributed by atoms with Crippen molar-refractivity contribution < 1.29 is 0 Å². The second kappa shape index (κ2) is 15.5. The Balaban J connectivity index is 3.02. The minimum absolute atomic E-state index is 1.14. The molecule has 0 N–H and O–H groups in total. The summed E-state index contributed by atoms with van der Waals surface area (Å²) in [6.45, 7) is 5.95. The van der Waals surface area contributed by atoms with E-state index < -0.39 is 0 Å². The van der Waals surface area contributed by atoms with Gasteiger partial charge in [0.15, 0.2) is 0 Å². The van der Waals surface area contributed by atoms with Crippen LogP contribution in [-0.4, -0.2) is 0 Å². The minimum atomic E-state index is 1.14. The van der Waals surface area contributed by atoms with E-state index in [2.05, 4.69) is 32.1 Å². The molecule has 0 heterocycles. The van der Waals surface area contributed by atoms with Crippen molar-refractivity contribution >= 4 is 0 Å². The van der Waals surface area contributed by atoms with Crippen LogP contribution in [-0.2, 0) is 0 Å². The first-order valence-electron chi connectivity index (χ1n) is 7.51. The average molecular weight is 235 g/mol. The molecule has 0 bridgehead atoms. The zero-order chi connectivity index (χ0) is 12.6. The molecule has 0 unspecified atom stereocenters. The summed E-state index contributed by atoms with van der Waals surface area (Å²) in [5.41, 5.74) is 0. The summed E-state index contributed by atoms with van der Waals surface area (Å²) in [6.07, 6.45) is 23.5. The van der Waals surface area contributed by atoms with E-state index in [9.17, 15) is 0 Å². The molecule has 0 heteroatoms. The lowest BCUT2D eigenvalue weighted by Gasteiger charge is -1.99. The monoisotopic (exact) mass is 235 g/mol. The number of rotatable bonds is 12. The van der Waals surface area contributed by atoms with E-state index in [0.29, 0.717) is 0 Å². The van der Waals surface area contributed by atoms with Gasteiger partial charge < -0.3 is 0 Å². The Bertz CT molecular complexity index is 176. The van der Waals surface area contributed by atoms with E-state index in [1.54, 1.807) is 0 Å². The number of hydrogen-bond donors (Lipinski definition) is 0. The van der Waals surface area contributed by atoms with Crippen molar-refractivity contribution in [2.75, 3.05) is 0 Å². The van der Waals surface area contributed by atoms with Gasteiger partial charge >= 0.3 is 0 Å². The lowest BCUT2D eigenvalue weighted by molar-refractivity contribution is 0.577. The number of hydrogen-bond acceptors (Lipinski definition) is 0. The van der Waals surface area contributed by atoms with Crippen LogP contribution in [0.25, 0.3) is 0 Å². The molecule has 0 amide bonds. The number of allylic oxidation sites excluding steroid dienone is 4. The number of unbranched alkanes of at least 4 members (excludes halogenated alkanes) is 9. The lowest BCUT2D eigenvalue weighted by Crippen LogP contribution is -1.79. The first-order chi connectivity index (χ1) is 8.41. The predicted octanol–water partition coefficient (Wildman–Crippen LogP) is 6.24. The molecule has 0 spiro atoms. The summed E-state index contributed by atoms with van der Waals surface area (Å²) in [5.74, 6) is 0. The van der Waals surface area contributed by atoms with Gasteiger partial charge in [-0.25, -0.2) is 0 Å².